The Morgan fingerprint density at radius 3 is 1.37 bits per heavy atom. The summed E-state index contributed by atoms with van der Waals surface area (Å²) in [5.74, 6) is 0. The number of para-hydroxylation sites is 4. The molecule has 0 saturated carbocycles. The quantitative estimate of drug-likeness (QED) is 0.188. The van der Waals surface area contributed by atoms with E-state index in [2.05, 4.69) is 163 Å². The second kappa shape index (κ2) is 10.4. The van der Waals surface area contributed by atoms with Gasteiger partial charge in [0, 0.05) is 45.9 Å². The number of pyridine rings is 1. The van der Waals surface area contributed by atoms with Crippen molar-refractivity contribution in [3.05, 3.63) is 139 Å². The van der Waals surface area contributed by atoms with E-state index < -0.39 is 16.1 Å². The zero-order chi connectivity index (χ0) is 31.6. The van der Waals surface area contributed by atoms with E-state index in [4.69, 9.17) is 4.98 Å². The van der Waals surface area contributed by atoms with Crippen LogP contribution in [0.25, 0.3) is 11.3 Å². The molecule has 0 bridgehead atoms. The summed E-state index contributed by atoms with van der Waals surface area (Å²) in [4.78, 5) is 9.60. The van der Waals surface area contributed by atoms with Crippen LogP contribution in [-0.2, 0) is 0 Å². The van der Waals surface area contributed by atoms with Gasteiger partial charge in [-0.15, -0.1) is 0 Å². The monoisotopic (exact) mass is 626 g/mol. The Bertz CT molecular complexity index is 2120. The van der Waals surface area contributed by atoms with Crippen LogP contribution in [0.5, 0.6) is 0 Å². The van der Waals surface area contributed by atoms with Crippen LogP contribution in [0, 0.1) is 11.3 Å². The standard InChI is InChI=1S/C40H34N4Si2/c1-45(2)37-17-9-5-13-33(37)43(34-14-6-10-18-38(34)45)29-22-21-28(27-41)31(25-29)32-26-30(23-24-42-32)44-35-15-7-11-19-39(35)46(3,4)40-20-12-8-16-36(40)44/h5-26H,1-4H3. The summed E-state index contributed by atoms with van der Waals surface area (Å²) >= 11 is 0. The number of anilines is 6. The minimum Gasteiger partial charge on any atom is -0.311 e. The lowest BCUT2D eigenvalue weighted by Gasteiger charge is -2.41. The van der Waals surface area contributed by atoms with E-state index in [1.54, 1.807) is 0 Å². The molecule has 0 radical (unpaired) electrons. The van der Waals surface area contributed by atoms with Crippen molar-refractivity contribution in [3.8, 4) is 17.3 Å². The highest BCUT2D eigenvalue weighted by molar-refractivity contribution is 7.03. The third-order valence-electron chi connectivity index (χ3n) is 9.93. The molecule has 2 aliphatic heterocycles. The lowest BCUT2D eigenvalue weighted by Crippen LogP contribution is -2.58. The van der Waals surface area contributed by atoms with Crippen LogP contribution in [0.1, 0.15) is 5.56 Å². The summed E-state index contributed by atoms with van der Waals surface area (Å²) in [6.07, 6.45) is 1.88. The van der Waals surface area contributed by atoms with Crippen molar-refractivity contribution in [1.82, 2.24) is 4.98 Å². The number of rotatable bonds is 3. The van der Waals surface area contributed by atoms with Gasteiger partial charge in [0.05, 0.1) is 17.3 Å². The molecule has 0 fully saturated rings. The lowest BCUT2D eigenvalue weighted by atomic mass is 10.0. The molecule has 0 unspecified atom stereocenters. The van der Waals surface area contributed by atoms with Crippen LogP contribution in [-0.4, -0.2) is 21.1 Å². The molecule has 5 aromatic carbocycles. The third-order valence-corrected chi connectivity index (χ3v) is 17.0. The molecule has 0 aliphatic carbocycles. The molecule has 2 aliphatic rings. The number of hydrogen-bond acceptors (Lipinski definition) is 4. The van der Waals surface area contributed by atoms with Gasteiger partial charge in [-0.3, -0.25) is 4.98 Å². The average Bonchev–Trinajstić information content (AvgIpc) is 3.09. The zero-order valence-electron chi connectivity index (χ0n) is 26.5. The Balaban J connectivity index is 1.30. The molecule has 4 nitrogen and oxygen atoms in total. The number of nitriles is 1. The van der Waals surface area contributed by atoms with Crippen LogP contribution in [0.2, 0.25) is 26.2 Å². The summed E-state index contributed by atoms with van der Waals surface area (Å²) in [6.45, 7) is 9.74. The Kier molecular flexibility index (Phi) is 6.40. The fraction of sp³-hybridized carbons (Fsp3) is 0.100. The maximum Gasteiger partial charge on any atom is 0.117 e. The minimum absolute atomic E-state index is 0.606. The molecule has 0 atom stereocenters. The predicted octanol–water partition coefficient (Wildman–Crippen LogP) is 7.83. The first-order valence-electron chi connectivity index (χ1n) is 15.8. The smallest absolute Gasteiger partial charge is 0.117 e. The molecule has 46 heavy (non-hydrogen) atoms. The molecule has 6 aromatic rings. The van der Waals surface area contributed by atoms with Gasteiger partial charge in [-0.05, 0) is 75.3 Å². The second-order valence-corrected chi connectivity index (χ2v) is 21.9. The van der Waals surface area contributed by atoms with Gasteiger partial charge in [0.15, 0.2) is 0 Å². The van der Waals surface area contributed by atoms with Crippen LogP contribution in [0.4, 0.5) is 34.1 Å². The summed E-state index contributed by atoms with van der Waals surface area (Å²) < 4.78 is 0. The summed E-state index contributed by atoms with van der Waals surface area (Å²) in [7, 11) is -3.80. The highest BCUT2D eigenvalue weighted by atomic mass is 28.3. The lowest BCUT2D eigenvalue weighted by molar-refractivity contribution is 1.24. The largest absolute Gasteiger partial charge is 0.311 e. The average molecular weight is 627 g/mol. The molecule has 8 rings (SSSR count). The van der Waals surface area contributed by atoms with E-state index in [1.807, 2.05) is 12.3 Å². The van der Waals surface area contributed by atoms with Crippen LogP contribution in [0.15, 0.2) is 134 Å². The topological polar surface area (TPSA) is 43.2 Å². The molecule has 0 saturated heterocycles. The molecule has 6 heteroatoms. The molecule has 222 valence electrons. The highest BCUT2D eigenvalue weighted by Gasteiger charge is 2.39. The molecule has 0 amide bonds. The Morgan fingerprint density at radius 1 is 0.522 bits per heavy atom. The first kappa shape index (κ1) is 28.3. The van der Waals surface area contributed by atoms with E-state index >= 15 is 0 Å². The summed E-state index contributed by atoms with van der Waals surface area (Å²) in [6, 6.07) is 48.1. The maximum absolute atomic E-state index is 10.3. The molecular weight excluding hydrogens is 593 g/mol. The second-order valence-electron chi connectivity index (χ2n) is 13.2. The number of fused-ring (bicyclic) bond motifs is 4. The van der Waals surface area contributed by atoms with Crippen molar-refractivity contribution in [3.63, 3.8) is 0 Å². The predicted molar refractivity (Wildman–Crippen MR) is 197 cm³/mol. The van der Waals surface area contributed by atoms with Gasteiger partial charge < -0.3 is 9.80 Å². The number of nitrogens with zero attached hydrogens (tertiary/aromatic N) is 4. The molecule has 1 aromatic heterocycles. The maximum atomic E-state index is 10.3. The number of hydrogen-bond donors (Lipinski definition) is 0. The van der Waals surface area contributed by atoms with E-state index in [0.717, 1.165) is 22.6 Å². The first-order chi connectivity index (χ1) is 22.3. The molecule has 0 N–H and O–H groups in total. The van der Waals surface area contributed by atoms with Gasteiger partial charge >= 0.3 is 0 Å². The summed E-state index contributed by atoms with van der Waals surface area (Å²) in [5.41, 5.74) is 9.13. The van der Waals surface area contributed by atoms with Crippen molar-refractivity contribution in [2.45, 2.75) is 26.2 Å². The van der Waals surface area contributed by atoms with Crippen molar-refractivity contribution in [2.24, 2.45) is 0 Å². The third kappa shape index (κ3) is 4.13. The molecule has 3 heterocycles. The highest BCUT2D eigenvalue weighted by Crippen LogP contribution is 2.42. The molecule has 0 spiro atoms. The zero-order valence-corrected chi connectivity index (χ0v) is 28.5. The van der Waals surface area contributed by atoms with E-state index in [1.165, 1.54) is 43.5 Å². The SMILES string of the molecule is C[Si]1(C)c2ccccc2N(c2ccnc(-c3cc(N4c5ccccc5[Si](C)(C)c5ccccc54)ccc3C#N)c2)c2ccccc21. The van der Waals surface area contributed by atoms with Gasteiger partial charge in [-0.1, -0.05) is 99.0 Å². The van der Waals surface area contributed by atoms with Crippen molar-refractivity contribution in [2.75, 3.05) is 9.80 Å². The molecular formula is C40H34N4Si2. The summed E-state index contributed by atoms with van der Waals surface area (Å²) in [5, 5.41) is 16.0. The van der Waals surface area contributed by atoms with E-state index in [9.17, 15) is 5.26 Å². The van der Waals surface area contributed by atoms with Gasteiger partial charge in [-0.25, -0.2) is 0 Å². The van der Waals surface area contributed by atoms with Gasteiger partial charge in [0.2, 0.25) is 0 Å². The van der Waals surface area contributed by atoms with Crippen molar-refractivity contribution >= 4 is 71.0 Å². The van der Waals surface area contributed by atoms with Crippen molar-refractivity contribution in [1.29, 1.82) is 5.26 Å². The van der Waals surface area contributed by atoms with Crippen LogP contribution >= 0.6 is 0 Å². The fourth-order valence-corrected chi connectivity index (χ4v) is 13.6. The minimum atomic E-state index is -1.91. The fourth-order valence-electron chi connectivity index (χ4n) is 7.58. The van der Waals surface area contributed by atoms with Gasteiger partial charge in [0.1, 0.15) is 16.1 Å². The Hall–Kier alpha value is -5.23. The van der Waals surface area contributed by atoms with Crippen LogP contribution in [0.3, 0.4) is 0 Å². The van der Waals surface area contributed by atoms with Crippen LogP contribution < -0.4 is 30.5 Å². The van der Waals surface area contributed by atoms with E-state index in [-0.39, 0.29) is 0 Å². The number of aromatic nitrogens is 1. The van der Waals surface area contributed by atoms with Gasteiger partial charge in [-0.2, -0.15) is 5.26 Å². The first-order valence-corrected chi connectivity index (χ1v) is 21.8. The Morgan fingerprint density at radius 2 is 0.935 bits per heavy atom. The Labute approximate surface area is 272 Å². The van der Waals surface area contributed by atoms with E-state index in [0.29, 0.717) is 5.56 Å². The van der Waals surface area contributed by atoms with Crippen molar-refractivity contribution < 1.29 is 0 Å². The normalized spacial score (nSPS) is 15.2. The van der Waals surface area contributed by atoms with Gasteiger partial charge in [0.25, 0.3) is 0 Å². The number of benzene rings is 5.